The van der Waals surface area contributed by atoms with Crippen molar-refractivity contribution in [1.82, 2.24) is 4.90 Å². The number of piperidine rings is 1. The third kappa shape index (κ3) is 4.27. The summed E-state index contributed by atoms with van der Waals surface area (Å²) in [4.78, 5) is 13.3. The molecule has 0 bridgehead atoms. The fourth-order valence-corrected chi connectivity index (χ4v) is 3.46. The quantitative estimate of drug-likeness (QED) is 0.864. The normalized spacial score (nSPS) is 21.7. The van der Waals surface area contributed by atoms with Crippen LogP contribution in [0.3, 0.4) is 0 Å². The highest BCUT2D eigenvalue weighted by atomic mass is 19.4. The number of hydrogen-bond donors (Lipinski definition) is 1. The smallest absolute Gasteiger partial charge is 0.416 e. The molecule has 1 aromatic heterocycles. The first kappa shape index (κ1) is 18.5. The summed E-state index contributed by atoms with van der Waals surface area (Å²) in [5.74, 6) is 0.0339. The lowest BCUT2D eigenvalue weighted by Crippen LogP contribution is -2.41. The van der Waals surface area contributed by atoms with Gasteiger partial charge in [0.15, 0.2) is 0 Å². The zero-order chi connectivity index (χ0) is 18.9. The third-order valence-corrected chi connectivity index (χ3v) is 4.60. The molecule has 0 saturated carbocycles. The van der Waals surface area contributed by atoms with Crippen molar-refractivity contribution in [2.45, 2.75) is 26.1 Å². The number of alkyl halides is 3. The number of hydrogen-bond acceptors (Lipinski definition) is 3. The van der Waals surface area contributed by atoms with E-state index in [9.17, 15) is 23.1 Å². The van der Waals surface area contributed by atoms with Gasteiger partial charge in [-0.05, 0) is 36.6 Å². The summed E-state index contributed by atoms with van der Waals surface area (Å²) in [5, 5.41) is 9.24. The maximum atomic E-state index is 12.9. The predicted octanol–water partition coefficient (Wildman–Crippen LogP) is 4.51. The number of likely N-dealkylation sites (tertiary alicyclic amines) is 1. The molecule has 0 radical (unpaired) electrons. The maximum Gasteiger partial charge on any atom is 0.416 e. The van der Waals surface area contributed by atoms with E-state index in [1.807, 2.05) is 11.8 Å². The van der Waals surface area contributed by atoms with Gasteiger partial charge in [0.05, 0.1) is 18.0 Å². The fraction of sp³-hybridized carbons (Fsp3) is 0.421. The van der Waals surface area contributed by atoms with Gasteiger partial charge in [-0.2, -0.15) is 13.2 Å². The lowest BCUT2D eigenvalue weighted by Gasteiger charge is -2.34. The molecule has 0 amide bonds. The van der Waals surface area contributed by atoms with E-state index in [4.69, 9.17) is 4.42 Å². The Morgan fingerprint density at radius 2 is 2.04 bits per heavy atom. The van der Waals surface area contributed by atoms with Gasteiger partial charge < -0.3 is 9.52 Å². The molecule has 0 aliphatic carbocycles. The van der Waals surface area contributed by atoms with Gasteiger partial charge in [-0.1, -0.05) is 19.1 Å². The fourth-order valence-electron chi connectivity index (χ4n) is 3.46. The molecule has 2 atom stereocenters. The number of aliphatic carboxylic acids is 1. The number of benzene rings is 1. The van der Waals surface area contributed by atoms with E-state index in [1.165, 1.54) is 6.07 Å². The van der Waals surface area contributed by atoms with Crippen LogP contribution in [0.4, 0.5) is 13.2 Å². The molecule has 1 fully saturated rings. The summed E-state index contributed by atoms with van der Waals surface area (Å²) in [6, 6.07) is 8.38. The molecule has 3 rings (SSSR count). The van der Waals surface area contributed by atoms with E-state index in [1.54, 1.807) is 18.2 Å². The number of carboxylic acid groups (broad SMARTS) is 1. The molecule has 140 valence electrons. The van der Waals surface area contributed by atoms with Crippen LogP contribution in [0.2, 0.25) is 0 Å². The van der Waals surface area contributed by atoms with Crippen molar-refractivity contribution in [3.63, 3.8) is 0 Å². The van der Waals surface area contributed by atoms with Gasteiger partial charge in [-0.3, -0.25) is 9.69 Å². The number of carbonyl (C=O) groups is 1. The first-order valence-corrected chi connectivity index (χ1v) is 8.44. The predicted molar refractivity (Wildman–Crippen MR) is 89.3 cm³/mol. The summed E-state index contributed by atoms with van der Waals surface area (Å²) >= 11 is 0. The van der Waals surface area contributed by atoms with Crippen molar-refractivity contribution in [3.8, 4) is 11.3 Å². The molecule has 2 unspecified atom stereocenters. The van der Waals surface area contributed by atoms with Crippen molar-refractivity contribution in [1.29, 1.82) is 0 Å². The molecule has 2 aromatic rings. The SMILES string of the molecule is CC1CC(C(=O)O)CN(Cc2ccc(-c3cccc(C(F)(F)F)c3)o2)C1. The third-order valence-electron chi connectivity index (χ3n) is 4.60. The highest BCUT2D eigenvalue weighted by Gasteiger charge is 2.31. The van der Waals surface area contributed by atoms with Crippen molar-refractivity contribution >= 4 is 5.97 Å². The van der Waals surface area contributed by atoms with Crippen molar-refractivity contribution < 1.29 is 27.5 Å². The Morgan fingerprint density at radius 1 is 1.27 bits per heavy atom. The first-order valence-electron chi connectivity index (χ1n) is 8.44. The molecule has 7 heteroatoms. The van der Waals surface area contributed by atoms with E-state index in [2.05, 4.69) is 0 Å². The van der Waals surface area contributed by atoms with Gasteiger partial charge in [-0.15, -0.1) is 0 Å². The molecule has 1 saturated heterocycles. The van der Waals surface area contributed by atoms with Crippen LogP contribution in [-0.4, -0.2) is 29.1 Å². The Kier molecular flexibility index (Phi) is 5.09. The lowest BCUT2D eigenvalue weighted by atomic mass is 9.90. The molecule has 0 spiro atoms. The zero-order valence-electron chi connectivity index (χ0n) is 14.3. The summed E-state index contributed by atoms with van der Waals surface area (Å²) in [5.41, 5.74) is -0.358. The number of rotatable bonds is 4. The van der Waals surface area contributed by atoms with Crippen LogP contribution in [0.25, 0.3) is 11.3 Å². The van der Waals surface area contributed by atoms with E-state index in [0.29, 0.717) is 36.6 Å². The Labute approximate surface area is 149 Å². The number of halogens is 3. The van der Waals surface area contributed by atoms with Gasteiger partial charge in [0, 0.05) is 18.7 Å². The summed E-state index contributed by atoms with van der Waals surface area (Å²) in [6.07, 6.45) is -3.75. The number of nitrogens with zero attached hydrogens (tertiary/aromatic N) is 1. The topological polar surface area (TPSA) is 53.7 Å². The maximum absolute atomic E-state index is 12.9. The molecule has 4 nitrogen and oxygen atoms in total. The molecular formula is C19H20F3NO3. The lowest BCUT2D eigenvalue weighted by molar-refractivity contribution is -0.144. The average Bonchev–Trinajstić information content (AvgIpc) is 3.02. The van der Waals surface area contributed by atoms with Gasteiger partial charge in [0.25, 0.3) is 0 Å². The van der Waals surface area contributed by atoms with E-state index >= 15 is 0 Å². The molecule has 1 aliphatic rings. The highest BCUT2D eigenvalue weighted by molar-refractivity contribution is 5.70. The minimum absolute atomic E-state index is 0.266. The van der Waals surface area contributed by atoms with Crippen molar-refractivity contribution in [2.24, 2.45) is 11.8 Å². The van der Waals surface area contributed by atoms with Crippen LogP contribution < -0.4 is 0 Å². The first-order chi connectivity index (χ1) is 12.2. The molecule has 1 aliphatic heterocycles. The summed E-state index contributed by atoms with van der Waals surface area (Å²) in [6.45, 7) is 3.66. The van der Waals surface area contributed by atoms with Gasteiger partial charge in [-0.25, -0.2) is 0 Å². The molecule has 1 N–H and O–H groups in total. The largest absolute Gasteiger partial charge is 0.481 e. The van der Waals surface area contributed by atoms with E-state index in [-0.39, 0.29) is 5.92 Å². The van der Waals surface area contributed by atoms with Crippen LogP contribution in [0.15, 0.2) is 40.8 Å². The minimum atomic E-state index is -4.40. The number of furan rings is 1. The average molecular weight is 367 g/mol. The highest BCUT2D eigenvalue weighted by Crippen LogP contribution is 2.33. The Balaban J connectivity index is 1.73. The molecule has 1 aromatic carbocycles. The molecular weight excluding hydrogens is 347 g/mol. The van der Waals surface area contributed by atoms with Gasteiger partial charge in [0.2, 0.25) is 0 Å². The van der Waals surface area contributed by atoms with Crippen LogP contribution in [0.5, 0.6) is 0 Å². The van der Waals surface area contributed by atoms with Gasteiger partial charge in [0.1, 0.15) is 11.5 Å². The van der Waals surface area contributed by atoms with E-state index in [0.717, 1.165) is 18.7 Å². The second-order valence-electron chi connectivity index (χ2n) is 6.91. The van der Waals surface area contributed by atoms with Crippen molar-refractivity contribution in [2.75, 3.05) is 13.1 Å². The second kappa shape index (κ2) is 7.15. The Morgan fingerprint density at radius 3 is 2.73 bits per heavy atom. The minimum Gasteiger partial charge on any atom is -0.481 e. The van der Waals surface area contributed by atoms with E-state index < -0.39 is 23.6 Å². The Hall–Kier alpha value is -2.28. The Bertz CT molecular complexity index is 784. The van der Waals surface area contributed by atoms with Crippen LogP contribution in [-0.2, 0) is 17.5 Å². The molecule has 2 heterocycles. The van der Waals surface area contributed by atoms with Crippen LogP contribution in [0.1, 0.15) is 24.7 Å². The second-order valence-corrected chi connectivity index (χ2v) is 6.91. The van der Waals surface area contributed by atoms with Crippen LogP contribution >= 0.6 is 0 Å². The summed E-state index contributed by atoms with van der Waals surface area (Å²) < 4.78 is 44.3. The van der Waals surface area contributed by atoms with Crippen LogP contribution in [0, 0.1) is 11.8 Å². The monoisotopic (exact) mass is 367 g/mol. The molecule has 26 heavy (non-hydrogen) atoms. The number of carboxylic acids is 1. The van der Waals surface area contributed by atoms with Crippen molar-refractivity contribution in [3.05, 3.63) is 47.7 Å². The zero-order valence-corrected chi connectivity index (χ0v) is 14.3. The van der Waals surface area contributed by atoms with Gasteiger partial charge >= 0.3 is 12.1 Å². The summed E-state index contributed by atoms with van der Waals surface area (Å²) in [7, 11) is 0. The standard InChI is InChI=1S/C19H20F3NO3/c1-12-7-14(18(24)25)10-23(9-12)11-16-5-6-17(26-16)13-3-2-4-15(8-13)19(20,21)22/h2-6,8,12,14H,7,9-11H2,1H3,(H,24,25).